The zero-order valence-corrected chi connectivity index (χ0v) is 7.80. The van der Waals surface area contributed by atoms with Crippen LogP contribution in [0.2, 0.25) is 0 Å². The Morgan fingerprint density at radius 1 is 1.33 bits per heavy atom. The summed E-state index contributed by atoms with van der Waals surface area (Å²) < 4.78 is 12.9. The fraction of sp³-hybridized carbons (Fsp3) is 1.00. The van der Waals surface area contributed by atoms with Gasteiger partial charge in [-0.25, -0.2) is 4.39 Å². The number of hydrogen-bond donors (Lipinski definition) is 1. The molecule has 0 bridgehead atoms. The van der Waals surface area contributed by atoms with Gasteiger partial charge in [-0.2, -0.15) is 0 Å². The second-order valence-corrected chi connectivity index (χ2v) is 3.84. The maximum Gasteiger partial charge on any atom is 0.100 e. The standard InChI is InChI=1S/C10H19FO/c1-2-10(12)8-4-3-5-9(11)7-6-8/h8-10,12H,2-7H2,1H3. The van der Waals surface area contributed by atoms with Crippen LogP contribution in [0.3, 0.4) is 0 Å². The lowest BCUT2D eigenvalue weighted by molar-refractivity contribution is 0.0936. The lowest BCUT2D eigenvalue weighted by atomic mass is 9.93. The predicted molar refractivity (Wildman–Crippen MR) is 47.8 cm³/mol. The van der Waals surface area contributed by atoms with Crippen LogP contribution in [-0.4, -0.2) is 17.4 Å². The van der Waals surface area contributed by atoms with E-state index in [-0.39, 0.29) is 6.10 Å². The van der Waals surface area contributed by atoms with E-state index in [0.717, 1.165) is 25.7 Å². The number of halogens is 1. The van der Waals surface area contributed by atoms with Crippen molar-refractivity contribution in [2.24, 2.45) is 5.92 Å². The van der Waals surface area contributed by atoms with E-state index in [4.69, 9.17) is 0 Å². The van der Waals surface area contributed by atoms with Crippen LogP contribution in [0, 0.1) is 5.92 Å². The summed E-state index contributed by atoms with van der Waals surface area (Å²) >= 11 is 0. The molecule has 3 unspecified atom stereocenters. The molecular formula is C10H19FO. The molecule has 1 aliphatic rings. The monoisotopic (exact) mass is 174 g/mol. The van der Waals surface area contributed by atoms with Crippen LogP contribution in [-0.2, 0) is 0 Å². The smallest absolute Gasteiger partial charge is 0.100 e. The van der Waals surface area contributed by atoms with Crippen molar-refractivity contribution in [2.75, 3.05) is 0 Å². The van der Waals surface area contributed by atoms with E-state index < -0.39 is 6.17 Å². The van der Waals surface area contributed by atoms with Crippen LogP contribution in [0.25, 0.3) is 0 Å². The molecule has 1 N–H and O–H groups in total. The van der Waals surface area contributed by atoms with Gasteiger partial charge in [-0.15, -0.1) is 0 Å². The highest BCUT2D eigenvalue weighted by Gasteiger charge is 2.22. The maximum atomic E-state index is 12.9. The summed E-state index contributed by atoms with van der Waals surface area (Å²) in [5, 5.41) is 9.57. The van der Waals surface area contributed by atoms with Gasteiger partial charge < -0.3 is 5.11 Å². The third-order valence-corrected chi connectivity index (χ3v) is 2.91. The summed E-state index contributed by atoms with van der Waals surface area (Å²) in [6.45, 7) is 1.99. The zero-order valence-electron chi connectivity index (χ0n) is 7.80. The van der Waals surface area contributed by atoms with Gasteiger partial charge in [-0.05, 0) is 38.0 Å². The van der Waals surface area contributed by atoms with Gasteiger partial charge in [0.1, 0.15) is 6.17 Å². The Balaban J connectivity index is 2.35. The van der Waals surface area contributed by atoms with Gasteiger partial charge in [-0.3, -0.25) is 0 Å². The third kappa shape index (κ3) is 2.74. The predicted octanol–water partition coefficient (Wildman–Crippen LogP) is 2.68. The quantitative estimate of drug-likeness (QED) is 0.638. The van der Waals surface area contributed by atoms with Crippen molar-refractivity contribution < 1.29 is 9.50 Å². The van der Waals surface area contributed by atoms with Crippen molar-refractivity contribution in [3.05, 3.63) is 0 Å². The van der Waals surface area contributed by atoms with Crippen LogP contribution in [0.4, 0.5) is 4.39 Å². The Kier molecular flexibility index (Phi) is 3.99. The summed E-state index contributed by atoms with van der Waals surface area (Å²) in [6.07, 6.45) is 4.18. The second-order valence-electron chi connectivity index (χ2n) is 3.84. The van der Waals surface area contributed by atoms with Crippen molar-refractivity contribution in [2.45, 2.75) is 57.7 Å². The van der Waals surface area contributed by atoms with Gasteiger partial charge in [0.25, 0.3) is 0 Å². The molecule has 1 rings (SSSR count). The Morgan fingerprint density at radius 2 is 2.08 bits per heavy atom. The summed E-state index contributed by atoms with van der Waals surface area (Å²) in [6, 6.07) is 0. The van der Waals surface area contributed by atoms with E-state index in [0.29, 0.717) is 18.8 Å². The minimum Gasteiger partial charge on any atom is -0.393 e. The van der Waals surface area contributed by atoms with Crippen LogP contribution < -0.4 is 0 Å². The number of aliphatic hydroxyl groups excluding tert-OH is 1. The van der Waals surface area contributed by atoms with E-state index in [1.165, 1.54) is 0 Å². The summed E-state index contributed by atoms with van der Waals surface area (Å²) in [5.74, 6) is 0.357. The summed E-state index contributed by atoms with van der Waals surface area (Å²) in [4.78, 5) is 0. The molecule has 1 nitrogen and oxygen atoms in total. The molecule has 0 spiro atoms. The Hall–Kier alpha value is -0.110. The minimum atomic E-state index is -0.612. The maximum absolute atomic E-state index is 12.9. The molecule has 0 heterocycles. The van der Waals surface area contributed by atoms with Gasteiger partial charge in [-0.1, -0.05) is 13.3 Å². The normalized spacial score (nSPS) is 34.2. The highest BCUT2D eigenvalue weighted by molar-refractivity contribution is 4.74. The first kappa shape index (κ1) is 9.97. The molecule has 0 saturated heterocycles. The molecule has 0 aromatic heterocycles. The molecule has 0 aromatic rings. The summed E-state index contributed by atoms with van der Waals surface area (Å²) in [7, 11) is 0. The van der Waals surface area contributed by atoms with Crippen molar-refractivity contribution >= 4 is 0 Å². The molecule has 0 aliphatic heterocycles. The lowest BCUT2D eigenvalue weighted by Gasteiger charge is -2.19. The van der Waals surface area contributed by atoms with E-state index in [1.54, 1.807) is 0 Å². The highest BCUT2D eigenvalue weighted by Crippen LogP contribution is 2.28. The average Bonchev–Trinajstić information content (AvgIpc) is 2.29. The number of rotatable bonds is 2. The van der Waals surface area contributed by atoms with Crippen LogP contribution in [0.15, 0.2) is 0 Å². The lowest BCUT2D eigenvalue weighted by Crippen LogP contribution is -2.18. The Bertz CT molecular complexity index is 127. The van der Waals surface area contributed by atoms with E-state index >= 15 is 0 Å². The molecule has 72 valence electrons. The average molecular weight is 174 g/mol. The van der Waals surface area contributed by atoms with Gasteiger partial charge in [0, 0.05) is 0 Å². The molecule has 12 heavy (non-hydrogen) atoms. The first-order chi connectivity index (χ1) is 5.74. The van der Waals surface area contributed by atoms with Crippen molar-refractivity contribution in [1.82, 2.24) is 0 Å². The van der Waals surface area contributed by atoms with Crippen LogP contribution in [0.1, 0.15) is 45.4 Å². The fourth-order valence-corrected chi connectivity index (χ4v) is 2.00. The molecule has 1 fully saturated rings. The van der Waals surface area contributed by atoms with Crippen LogP contribution >= 0.6 is 0 Å². The number of alkyl halides is 1. The third-order valence-electron chi connectivity index (χ3n) is 2.91. The topological polar surface area (TPSA) is 20.2 Å². The zero-order chi connectivity index (χ0) is 8.97. The van der Waals surface area contributed by atoms with Crippen molar-refractivity contribution in [3.63, 3.8) is 0 Å². The molecule has 3 atom stereocenters. The molecular weight excluding hydrogens is 155 g/mol. The first-order valence-corrected chi connectivity index (χ1v) is 5.06. The van der Waals surface area contributed by atoms with Gasteiger partial charge in [0.15, 0.2) is 0 Å². The van der Waals surface area contributed by atoms with Crippen molar-refractivity contribution in [3.8, 4) is 0 Å². The Morgan fingerprint density at radius 3 is 2.75 bits per heavy atom. The van der Waals surface area contributed by atoms with E-state index in [9.17, 15) is 9.50 Å². The molecule has 1 saturated carbocycles. The molecule has 1 aliphatic carbocycles. The minimum absolute atomic E-state index is 0.199. The van der Waals surface area contributed by atoms with Crippen LogP contribution in [0.5, 0.6) is 0 Å². The van der Waals surface area contributed by atoms with Gasteiger partial charge in [0.2, 0.25) is 0 Å². The summed E-state index contributed by atoms with van der Waals surface area (Å²) in [5.41, 5.74) is 0. The fourth-order valence-electron chi connectivity index (χ4n) is 2.00. The molecule has 0 aromatic carbocycles. The van der Waals surface area contributed by atoms with Gasteiger partial charge in [0.05, 0.1) is 6.10 Å². The molecule has 2 heteroatoms. The molecule has 0 radical (unpaired) electrons. The largest absolute Gasteiger partial charge is 0.393 e. The van der Waals surface area contributed by atoms with Crippen molar-refractivity contribution in [1.29, 1.82) is 0 Å². The second kappa shape index (κ2) is 4.80. The number of hydrogen-bond acceptors (Lipinski definition) is 1. The first-order valence-electron chi connectivity index (χ1n) is 5.06. The van der Waals surface area contributed by atoms with E-state index in [2.05, 4.69) is 0 Å². The van der Waals surface area contributed by atoms with Gasteiger partial charge >= 0.3 is 0 Å². The van der Waals surface area contributed by atoms with E-state index in [1.807, 2.05) is 6.92 Å². The molecule has 0 amide bonds. The Labute approximate surface area is 74.0 Å². The highest BCUT2D eigenvalue weighted by atomic mass is 19.1. The SMILES string of the molecule is CCC(O)C1CCCC(F)CC1. The number of aliphatic hydroxyl groups is 1.